The second-order valence-electron chi connectivity index (χ2n) is 21.3. The minimum Gasteiger partial charge on any atom is -0.480 e. The number of unbranched alkanes of at least 4 members (excludes halogenated alkanes) is 1. The van der Waals surface area contributed by atoms with E-state index in [-0.39, 0.29) is 94.8 Å². The zero-order chi connectivity index (χ0) is 61.6. The maximum atomic E-state index is 14.5. The molecule has 0 aliphatic carbocycles. The molecule has 31 heteroatoms. The number of amides is 8. The molecular weight excluding hydrogens is 1070 g/mol. The molecule has 31 nitrogen and oxygen atoms in total. The van der Waals surface area contributed by atoms with E-state index in [2.05, 4.69) is 72.5 Å². The average Bonchev–Trinajstić information content (AvgIpc) is 4.16. The number of hydrogen-bond donors (Lipinski definition) is 18. The summed E-state index contributed by atoms with van der Waals surface area (Å²) in [5.41, 5.74) is 34.1. The first-order valence-corrected chi connectivity index (χ1v) is 27.5. The predicted octanol–water partition coefficient (Wildman–Crippen LogP) is -4.43. The van der Waals surface area contributed by atoms with Crippen LogP contribution >= 0.6 is 0 Å². The largest absolute Gasteiger partial charge is 0.480 e. The highest BCUT2D eigenvalue weighted by atomic mass is 16.4. The number of carbonyl (C=O) groups excluding carboxylic acids is 8. The number of aliphatic carboxylic acids is 1. The van der Waals surface area contributed by atoms with E-state index >= 15 is 0 Å². The molecule has 8 amide bonds. The third kappa shape index (κ3) is 26.6. The Morgan fingerprint density at radius 2 is 0.902 bits per heavy atom. The van der Waals surface area contributed by atoms with E-state index in [1.54, 1.807) is 41.5 Å². The quantitative estimate of drug-likeness (QED) is 0.0171. The number of nitrogens with zero attached hydrogens (tertiary/aromatic N) is 4. The fraction of sp³-hybridized carbons (Fsp3) is 0.667. The lowest BCUT2D eigenvalue weighted by Gasteiger charge is -2.29. The molecule has 2 aromatic heterocycles. The molecular formula is C51H90N20O11. The van der Waals surface area contributed by atoms with Crippen molar-refractivity contribution in [3.8, 4) is 0 Å². The molecule has 0 spiro atoms. The van der Waals surface area contributed by atoms with Crippen LogP contribution in [-0.4, -0.2) is 175 Å². The minimum atomic E-state index is -1.58. The Labute approximate surface area is 477 Å². The number of carbonyl (C=O) groups is 9. The van der Waals surface area contributed by atoms with E-state index in [1.807, 2.05) is 0 Å². The minimum absolute atomic E-state index is 0.0180. The number of aromatic amines is 2. The third-order valence-electron chi connectivity index (χ3n) is 12.7. The number of aromatic nitrogens is 4. The van der Waals surface area contributed by atoms with Crippen LogP contribution in [0, 0.1) is 17.8 Å². The van der Waals surface area contributed by atoms with Crippen molar-refractivity contribution in [3.05, 3.63) is 36.4 Å². The van der Waals surface area contributed by atoms with Gasteiger partial charge in [-0.2, -0.15) is 0 Å². The molecule has 2 heterocycles. The molecule has 24 N–H and O–H groups in total. The van der Waals surface area contributed by atoms with Gasteiger partial charge in [0.2, 0.25) is 47.3 Å². The van der Waals surface area contributed by atoms with Gasteiger partial charge < -0.3 is 97.1 Å². The number of guanidine groups is 2. The van der Waals surface area contributed by atoms with Crippen LogP contribution in [0.25, 0.3) is 0 Å². The third-order valence-corrected chi connectivity index (χ3v) is 12.7. The van der Waals surface area contributed by atoms with Crippen LogP contribution in [0.15, 0.2) is 35.0 Å². The highest BCUT2D eigenvalue weighted by Crippen LogP contribution is 2.14. The van der Waals surface area contributed by atoms with Gasteiger partial charge in [0.1, 0.15) is 48.3 Å². The smallest absolute Gasteiger partial charge is 0.326 e. The van der Waals surface area contributed by atoms with Gasteiger partial charge in [-0.3, -0.25) is 48.3 Å². The molecule has 2 rings (SSSR count). The summed E-state index contributed by atoms with van der Waals surface area (Å²) in [5.74, 6) is -9.14. The van der Waals surface area contributed by atoms with Crippen LogP contribution in [-0.2, 0) is 56.0 Å². The van der Waals surface area contributed by atoms with E-state index in [9.17, 15) is 53.4 Å². The average molecular weight is 1160 g/mol. The van der Waals surface area contributed by atoms with Gasteiger partial charge in [-0.25, -0.2) is 14.8 Å². The molecule has 0 aliphatic rings. The molecule has 0 saturated carbocycles. The summed E-state index contributed by atoms with van der Waals surface area (Å²) in [7, 11) is 0. The Balaban J connectivity index is 2.43. The summed E-state index contributed by atoms with van der Waals surface area (Å²) >= 11 is 0. The summed E-state index contributed by atoms with van der Waals surface area (Å²) in [6, 6.07) is -12.0. The molecule has 82 heavy (non-hydrogen) atoms. The predicted molar refractivity (Wildman–Crippen MR) is 304 cm³/mol. The number of aliphatic hydroxyl groups is 1. The van der Waals surface area contributed by atoms with Crippen LogP contribution in [0.3, 0.4) is 0 Å². The maximum absolute atomic E-state index is 14.5. The zero-order valence-corrected chi connectivity index (χ0v) is 48.0. The van der Waals surface area contributed by atoms with Crippen molar-refractivity contribution in [2.45, 2.75) is 180 Å². The molecule has 10 atom stereocenters. The number of nitrogens with one attached hydrogen (secondary N) is 10. The van der Waals surface area contributed by atoms with E-state index < -0.39 is 120 Å². The van der Waals surface area contributed by atoms with Crippen molar-refractivity contribution in [1.29, 1.82) is 0 Å². The van der Waals surface area contributed by atoms with Gasteiger partial charge in [-0.1, -0.05) is 41.5 Å². The Bertz CT molecular complexity index is 2390. The van der Waals surface area contributed by atoms with Gasteiger partial charge in [0.05, 0.1) is 24.8 Å². The molecule has 0 saturated heterocycles. The van der Waals surface area contributed by atoms with Gasteiger partial charge in [0.25, 0.3) is 0 Å². The number of carboxylic acid groups (broad SMARTS) is 1. The van der Waals surface area contributed by atoms with Crippen LogP contribution < -0.4 is 76.9 Å². The van der Waals surface area contributed by atoms with Crippen molar-refractivity contribution in [2.75, 3.05) is 19.6 Å². The van der Waals surface area contributed by atoms with Crippen molar-refractivity contribution >= 4 is 65.1 Å². The van der Waals surface area contributed by atoms with Gasteiger partial charge >= 0.3 is 5.97 Å². The van der Waals surface area contributed by atoms with Crippen LogP contribution in [0.5, 0.6) is 0 Å². The van der Waals surface area contributed by atoms with E-state index in [4.69, 9.17) is 34.4 Å². The highest BCUT2D eigenvalue weighted by molar-refractivity contribution is 5.98. The topological polar surface area (TPSA) is 529 Å². The van der Waals surface area contributed by atoms with Gasteiger partial charge in [-0.05, 0) is 89.0 Å². The number of aliphatic hydroxyl groups excluding tert-OH is 1. The first-order valence-electron chi connectivity index (χ1n) is 27.5. The molecule has 0 fully saturated rings. The molecule has 0 aliphatic heterocycles. The summed E-state index contributed by atoms with van der Waals surface area (Å²) in [5, 5.41) is 41.6. The first-order chi connectivity index (χ1) is 38.6. The summed E-state index contributed by atoms with van der Waals surface area (Å²) in [6.45, 7) is 12.3. The molecule has 0 aromatic carbocycles. The van der Waals surface area contributed by atoms with Crippen LogP contribution in [0.4, 0.5) is 0 Å². The Hall–Kier alpha value is -7.93. The number of H-pyrrole nitrogens is 2. The standard InChI is InChI=1S/C51H90N20O11/c1-26(2)18-35(66-45(77)37(20-30-22-58-24-62-30)69-48(80)40(29(7)72)71-41(73)32(53)12-10-16-60-50(54)55)43(75)64-33(13-8-9-15-52)42(74)67-38(21-31-23-59-25-63-31)46(78)70-39(28(5)6)47(79)68-36(19-27(3)4)44(76)65-34(49(81)82)14-11-17-61-51(56)57/h22-29,32-40,72H,8-21,52-53H2,1-7H3,(H,58,62)(H,59,63)(H,64,75)(H,65,76)(H,66,77)(H,67,74)(H,68,79)(H,69,80)(H,70,78)(H,71,73)(H,81,82)(H4,54,55,60)(H4,56,57,61)/t29-,32+,33+,34+,35+,36+,37+,38+,39+,40+/m1/s1. The lowest BCUT2D eigenvalue weighted by molar-refractivity contribution is -0.142. The fourth-order valence-electron chi connectivity index (χ4n) is 8.30. The summed E-state index contributed by atoms with van der Waals surface area (Å²) in [4.78, 5) is 146. The van der Waals surface area contributed by atoms with E-state index in [0.29, 0.717) is 30.7 Å². The normalized spacial score (nSPS) is 14.9. The number of hydrogen-bond acceptors (Lipinski definition) is 16. The van der Waals surface area contributed by atoms with Gasteiger partial charge in [0.15, 0.2) is 11.9 Å². The second-order valence-corrected chi connectivity index (χ2v) is 21.3. The summed E-state index contributed by atoms with van der Waals surface area (Å²) in [6.07, 6.45) is 5.34. The Morgan fingerprint density at radius 3 is 1.34 bits per heavy atom. The molecule has 460 valence electrons. The number of aliphatic imine (C=N–C) groups is 2. The Morgan fingerprint density at radius 1 is 0.512 bits per heavy atom. The van der Waals surface area contributed by atoms with Crippen molar-refractivity contribution in [3.63, 3.8) is 0 Å². The van der Waals surface area contributed by atoms with Crippen molar-refractivity contribution in [1.82, 2.24) is 62.5 Å². The fourth-order valence-corrected chi connectivity index (χ4v) is 8.30. The van der Waals surface area contributed by atoms with E-state index in [0.717, 1.165) is 0 Å². The lowest BCUT2D eigenvalue weighted by atomic mass is 9.98. The number of carboxylic acids is 1. The molecule has 0 unspecified atom stereocenters. The molecule has 0 radical (unpaired) electrons. The SMILES string of the molecule is CC(C)C[C@H](NC(=O)[C@H](Cc1cnc[nH]1)NC(=O)[C@@H](NC(=O)[C@@H](N)CCCN=C(N)N)[C@@H](C)O)C(=O)N[C@@H](CCCCN)C(=O)N[C@@H](Cc1cnc[nH]1)C(=O)N[C@H](C(=O)N[C@@H](CC(C)C)C(=O)N[C@@H](CCCN=C(N)N)C(=O)O)C(C)C. The van der Waals surface area contributed by atoms with Gasteiger partial charge in [-0.15, -0.1) is 0 Å². The van der Waals surface area contributed by atoms with Gasteiger partial charge in [0, 0.05) is 49.7 Å². The monoisotopic (exact) mass is 1160 g/mol. The zero-order valence-electron chi connectivity index (χ0n) is 48.0. The lowest BCUT2D eigenvalue weighted by Crippen LogP contribution is -2.62. The first kappa shape index (κ1) is 70.2. The number of imidazole rings is 2. The van der Waals surface area contributed by atoms with Crippen LogP contribution in [0.2, 0.25) is 0 Å². The maximum Gasteiger partial charge on any atom is 0.326 e. The summed E-state index contributed by atoms with van der Waals surface area (Å²) < 4.78 is 0. The van der Waals surface area contributed by atoms with Crippen molar-refractivity contribution < 1.29 is 53.4 Å². The highest BCUT2D eigenvalue weighted by Gasteiger charge is 2.37. The second kappa shape index (κ2) is 36.4. The van der Waals surface area contributed by atoms with Crippen molar-refractivity contribution in [2.24, 2.45) is 62.1 Å². The molecule has 0 bridgehead atoms. The Kier molecular flexibility index (Phi) is 31.2. The molecule has 2 aromatic rings. The number of rotatable bonds is 39. The number of nitrogens with two attached hydrogens (primary N) is 6. The van der Waals surface area contributed by atoms with Crippen LogP contribution in [0.1, 0.15) is 118 Å². The van der Waals surface area contributed by atoms with E-state index in [1.165, 1.54) is 32.0 Å².